The minimum Gasteiger partial charge on any atom is -0.382 e. The van der Waals surface area contributed by atoms with E-state index in [0.717, 1.165) is 34.0 Å². The normalized spacial score (nSPS) is 11.8. The number of rotatable bonds is 2. The van der Waals surface area contributed by atoms with Gasteiger partial charge in [-0.15, -0.1) is 0 Å². The van der Waals surface area contributed by atoms with Crippen LogP contribution in [-0.2, 0) is 6.54 Å². The highest BCUT2D eigenvalue weighted by molar-refractivity contribution is 6.07. The summed E-state index contributed by atoms with van der Waals surface area (Å²) in [6.07, 6.45) is 1.87. The molecule has 0 bridgehead atoms. The van der Waals surface area contributed by atoms with Crippen LogP contribution in [0.3, 0.4) is 0 Å². The molecule has 0 aliphatic carbocycles. The van der Waals surface area contributed by atoms with Crippen LogP contribution in [0.5, 0.6) is 0 Å². The number of benzene rings is 1. The summed E-state index contributed by atoms with van der Waals surface area (Å²) in [7, 11) is 0. The monoisotopic (exact) mass is 254 g/mol. The van der Waals surface area contributed by atoms with E-state index in [0.29, 0.717) is 11.7 Å². The first-order chi connectivity index (χ1) is 9.08. The van der Waals surface area contributed by atoms with Gasteiger partial charge in [-0.2, -0.15) is 0 Å². The Morgan fingerprint density at radius 1 is 1.26 bits per heavy atom. The second-order valence-corrected chi connectivity index (χ2v) is 5.46. The van der Waals surface area contributed by atoms with E-state index in [1.165, 1.54) is 0 Å². The number of aryl methyl sites for hydroxylation is 1. The third-order valence-corrected chi connectivity index (χ3v) is 3.37. The number of fused-ring (bicyclic) bond motifs is 3. The highest BCUT2D eigenvalue weighted by Gasteiger charge is 2.13. The van der Waals surface area contributed by atoms with E-state index in [9.17, 15) is 0 Å². The van der Waals surface area contributed by atoms with Crippen molar-refractivity contribution >= 4 is 27.8 Å². The van der Waals surface area contributed by atoms with Crippen LogP contribution in [0, 0.1) is 12.8 Å². The quantitative estimate of drug-likeness (QED) is 0.764. The molecule has 0 aliphatic rings. The molecule has 3 rings (SSSR count). The van der Waals surface area contributed by atoms with Crippen LogP contribution >= 0.6 is 0 Å². The Morgan fingerprint density at radius 2 is 2.05 bits per heavy atom. The van der Waals surface area contributed by atoms with E-state index in [4.69, 9.17) is 5.73 Å². The van der Waals surface area contributed by atoms with Crippen molar-refractivity contribution in [3.63, 3.8) is 0 Å². The lowest BCUT2D eigenvalue weighted by atomic mass is 10.1. The Bertz CT molecular complexity index is 756. The fraction of sp³-hybridized carbons (Fsp3) is 0.333. The number of hydrogen-bond acceptors (Lipinski definition) is 3. The van der Waals surface area contributed by atoms with Gasteiger partial charge in [0.05, 0.1) is 17.4 Å². The molecule has 0 fully saturated rings. The smallest absolute Gasteiger partial charge is 0.152 e. The van der Waals surface area contributed by atoms with E-state index >= 15 is 0 Å². The summed E-state index contributed by atoms with van der Waals surface area (Å²) in [5.74, 6) is 1.07. The maximum Gasteiger partial charge on any atom is 0.152 e. The van der Waals surface area contributed by atoms with Crippen LogP contribution in [0.2, 0.25) is 0 Å². The van der Waals surface area contributed by atoms with Crippen LogP contribution in [-0.4, -0.2) is 14.5 Å². The zero-order valence-electron chi connectivity index (χ0n) is 11.5. The van der Waals surface area contributed by atoms with Crippen LogP contribution < -0.4 is 5.73 Å². The largest absolute Gasteiger partial charge is 0.382 e. The molecule has 0 saturated carbocycles. The van der Waals surface area contributed by atoms with Gasteiger partial charge >= 0.3 is 0 Å². The number of nitrogen functional groups attached to an aromatic ring is 1. The van der Waals surface area contributed by atoms with Gasteiger partial charge in [0.15, 0.2) is 5.82 Å². The predicted octanol–water partition coefficient (Wildman–Crippen LogP) is 3.13. The van der Waals surface area contributed by atoms with Crippen molar-refractivity contribution in [2.24, 2.45) is 5.92 Å². The molecular formula is C15H18N4. The molecule has 19 heavy (non-hydrogen) atoms. The minimum atomic E-state index is 0.513. The Kier molecular flexibility index (Phi) is 2.66. The van der Waals surface area contributed by atoms with Gasteiger partial charge in [-0.3, -0.25) is 0 Å². The molecule has 0 spiro atoms. The van der Waals surface area contributed by atoms with Crippen LogP contribution in [0.1, 0.15) is 19.4 Å². The maximum atomic E-state index is 6.05. The van der Waals surface area contributed by atoms with Crippen molar-refractivity contribution in [2.45, 2.75) is 27.3 Å². The van der Waals surface area contributed by atoms with Gasteiger partial charge in [-0.25, -0.2) is 9.97 Å². The average Bonchev–Trinajstić information content (AvgIpc) is 2.75. The van der Waals surface area contributed by atoms with Crippen LogP contribution in [0.4, 0.5) is 5.82 Å². The van der Waals surface area contributed by atoms with Crippen molar-refractivity contribution in [3.8, 4) is 0 Å². The summed E-state index contributed by atoms with van der Waals surface area (Å²) < 4.78 is 2.18. The van der Waals surface area contributed by atoms with Crippen molar-refractivity contribution < 1.29 is 0 Å². The van der Waals surface area contributed by atoms with Gasteiger partial charge in [0.2, 0.25) is 0 Å². The summed E-state index contributed by atoms with van der Waals surface area (Å²) in [6, 6.07) is 6.21. The molecule has 3 aromatic rings. The van der Waals surface area contributed by atoms with E-state index < -0.39 is 0 Å². The number of para-hydroxylation sites is 1. The average molecular weight is 254 g/mol. The van der Waals surface area contributed by atoms with Crippen molar-refractivity contribution in [2.75, 3.05) is 5.73 Å². The molecule has 4 heteroatoms. The highest BCUT2D eigenvalue weighted by atomic mass is 15.1. The molecule has 0 aliphatic heterocycles. The number of nitrogens with two attached hydrogens (primary N) is 1. The molecule has 4 nitrogen and oxygen atoms in total. The lowest BCUT2D eigenvalue weighted by molar-refractivity contribution is 0.533. The third-order valence-electron chi connectivity index (χ3n) is 3.37. The summed E-state index contributed by atoms with van der Waals surface area (Å²) in [5.41, 5.74) is 10.1. The number of nitrogens with zero attached hydrogens (tertiary/aromatic N) is 3. The first kappa shape index (κ1) is 12.0. The molecule has 0 radical (unpaired) electrons. The standard InChI is InChI=1S/C15H18N4/c1-9(2)7-19-8-17-13-14(19)11-6-4-5-10(3)12(11)18-15(13)16/h4-6,8-9H,7H2,1-3H3,(H2,16,18). The van der Waals surface area contributed by atoms with E-state index in [1.807, 2.05) is 6.33 Å². The SMILES string of the molecule is Cc1cccc2c1nc(N)c1ncn(CC(C)C)c12. The van der Waals surface area contributed by atoms with Crippen LogP contribution in [0.25, 0.3) is 21.9 Å². The van der Waals surface area contributed by atoms with Crippen molar-refractivity contribution in [3.05, 3.63) is 30.1 Å². The number of anilines is 1. The maximum absolute atomic E-state index is 6.05. The molecular weight excluding hydrogens is 236 g/mol. The zero-order valence-corrected chi connectivity index (χ0v) is 11.5. The number of imidazole rings is 1. The van der Waals surface area contributed by atoms with Gasteiger partial charge in [-0.1, -0.05) is 32.0 Å². The molecule has 2 aromatic heterocycles. The molecule has 0 unspecified atom stereocenters. The second-order valence-electron chi connectivity index (χ2n) is 5.46. The molecule has 0 saturated heterocycles. The molecule has 2 heterocycles. The highest BCUT2D eigenvalue weighted by Crippen LogP contribution is 2.29. The lowest BCUT2D eigenvalue weighted by Gasteiger charge is -2.10. The predicted molar refractivity (Wildman–Crippen MR) is 79.0 cm³/mol. The van der Waals surface area contributed by atoms with Gasteiger partial charge in [0, 0.05) is 11.9 Å². The van der Waals surface area contributed by atoms with E-state index in [-0.39, 0.29) is 0 Å². The number of aromatic nitrogens is 3. The first-order valence-electron chi connectivity index (χ1n) is 6.57. The zero-order chi connectivity index (χ0) is 13.6. The molecule has 0 amide bonds. The van der Waals surface area contributed by atoms with E-state index in [1.54, 1.807) is 0 Å². The van der Waals surface area contributed by atoms with E-state index in [2.05, 4.69) is 53.5 Å². The molecule has 1 aromatic carbocycles. The first-order valence-corrected chi connectivity index (χ1v) is 6.57. The van der Waals surface area contributed by atoms with Gasteiger partial charge < -0.3 is 10.3 Å². The van der Waals surface area contributed by atoms with Gasteiger partial charge in [-0.05, 0) is 18.4 Å². The topological polar surface area (TPSA) is 56.7 Å². The van der Waals surface area contributed by atoms with Gasteiger partial charge in [0.25, 0.3) is 0 Å². The Morgan fingerprint density at radius 3 is 2.79 bits per heavy atom. The molecule has 2 N–H and O–H groups in total. The number of pyridine rings is 1. The fourth-order valence-electron chi connectivity index (χ4n) is 2.56. The third kappa shape index (κ3) is 1.84. The van der Waals surface area contributed by atoms with Crippen LogP contribution in [0.15, 0.2) is 24.5 Å². The summed E-state index contributed by atoms with van der Waals surface area (Å²) in [5, 5.41) is 1.13. The Labute approximate surface area is 112 Å². The molecule has 98 valence electrons. The van der Waals surface area contributed by atoms with Crippen molar-refractivity contribution in [1.82, 2.24) is 14.5 Å². The fourth-order valence-corrected chi connectivity index (χ4v) is 2.56. The summed E-state index contributed by atoms with van der Waals surface area (Å²) in [6.45, 7) is 7.39. The Balaban J connectivity index is 2.43. The summed E-state index contributed by atoms with van der Waals surface area (Å²) >= 11 is 0. The second kappa shape index (κ2) is 4.23. The molecule has 0 atom stereocenters. The summed E-state index contributed by atoms with van der Waals surface area (Å²) in [4.78, 5) is 8.92. The minimum absolute atomic E-state index is 0.513. The Hall–Kier alpha value is -2.10. The van der Waals surface area contributed by atoms with Crippen molar-refractivity contribution in [1.29, 1.82) is 0 Å². The lowest BCUT2D eigenvalue weighted by Crippen LogP contribution is -2.04. The van der Waals surface area contributed by atoms with Gasteiger partial charge in [0.1, 0.15) is 5.52 Å². The number of hydrogen-bond donors (Lipinski definition) is 1.